The number of aromatic amines is 1. The van der Waals surface area contributed by atoms with E-state index in [0.717, 1.165) is 5.39 Å². The molecule has 146 valence electrons. The molecular weight excluding hydrogens is 361 g/mol. The zero-order valence-corrected chi connectivity index (χ0v) is 14.9. The predicted molar refractivity (Wildman–Crippen MR) is 95.1 cm³/mol. The van der Waals surface area contributed by atoms with E-state index >= 15 is 0 Å². The number of hydrogen-bond acceptors (Lipinski definition) is 4. The van der Waals surface area contributed by atoms with Crippen molar-refractivity contribution in [2.45, 2.75) is 26.4 Å². The van der Waals surface area contributed by atoms with Gasteiger partial charge in [-0.2, -0.15) is 13.2 Å². The Balaban J connectivity index is 0.00000280. The molecule has 0 aliphatic heterocycles. The first-order valence-corrected chi connectivity index (χ1v) is 8.47. The van der Waals surface area contributed by atoms with Gasteiger partial charge in [-0.1, -0.05) is 13.8 Å². The Bertz CT molecular complexity index is 936. The van der Waals surface area contributed by atoms with Crippen molar-refractivity contribution in [3.8, 4) is 11.3 Å². The molecule has 27 heavy (non-hydrogen) atoms. The van der Waals surface area contributed by atoms with Crippen LogP contribution in [0.2, 0.25) is 0 Å². The maximum atomic E-state index is 12.7. The molecule has 0 spiro atoms. The third kappa shape index (κ3) is 4.47. The van der Waals surface area contributed by atoms with Gasteiger partial charge in [0.1, 0.15) is 18.2 Å². The van der Waals surface area contributed by atoms with E-state index in [1.165, 1.54) is 23.6 Å². The van der Waals surface area contributed by atoms with Crippen molar-refractivity contribution in [2.24, 2.45) is 5.92 Å². The lowest BCUT2D eigenvalue weighted by Gasteiger charge is -2.24. The minimum absolute atomic E-state index is 0. The summed E-state index contributed by atoms with van der Waals surface area (Å²) in [4.78, 5) is 25.1. The number of nitrogens with zero attached hydrogens (tertiary/aromatic N) is 3. The van der Waals surface area contributed by atoms with Crippen molar-refractivity contribution >= 4 is 16.9 Å². The molecule has 9 heteroatoms. The van der Waals surface area contributed by atoms with Gasteiger partial charge in [0.25, 0.3) is 5.91 Å². The summed E-state index contributed by atoms with van der Waals surface area (Å²) in [5, 5.41) is 0.758. The highest BCUT2D eigenvalue weighted by Crippen LogP contribution is 2.27. The summed E-state index contributed by atoms with van der Waals surface area (Å²) in [6.07, 6.45) is -0.910. The molecule has 0 saturated heterocycles. The van der Waals surface area contributed by atoms with Crippen molar-refractivity contribution in [1.29, 1.82) is 0 Å². The van der Waals surface area contributed by atoms with E-state index in [2.05, 4.69) is 15.0 Å². The molecule has 3 heterocycles. The number of rotatable bonds is 6. The van der Waals surface area contributed by atoms with E-state index in [1.54, 1.807) is 12.3 Å². The number of H-pyrrole nitrogens is 1. The number of amides is 1. The highest BCUT2D eigenvalue weighted by molar-refractivity contribution is 5.95. The highest BCUT2D eigenvalue weighted by atomic mass is 19.4. The predicted octanol–water partition coefficient (Wildman–Crippen LogP) is 4.51. The van der Waals surface area contributed by atoms with Gasteiger partial charge in [-0.15, -0.1) is 0 Å². The summed E-state index contributed by atoms with van der Waals surface area (Å²) in [5.74, 6) is -0.563. The van der Waals surface area contributed by atoms with Crippen LogP contribution in [0.3, 0.4) is 0 Å². The number of alkyl halides is 3. The number of halogens is 3. The second-order valence-corrected chi connectivity index (χ2v) is 6.67. The zero-order valence-electron chi connectivity index (χ0n) is 14.9. The SMILES string of the molecule is CC(C)CN(CCC(F)(F)F)C(=O)c1cc(-c2ncnc3[nH]ccc23)co1.[HH]. The van der Waals surface area contributed by atoms with Gasteiger partial charge in [-0.05, 0) is 18.1 Å². The van der Waals surface area contributed by atoms with Gasteiger partial charge in [-0.25, -0.2) is 9.97 Å². The first kappa shape index (κ1) is 18.9. The second kappa shape index (κ2) is 7.42. The molecule has 0 atom stereocenters. The standard InChI is InChI=1S/C18H19F3N4O2.H2/c1-11(2)8-25(6-4-18(19,20)21)17(26)14-7-12(9-27-14)15-13-3-5-22-16(13)24-10-23-15;/h3,5,7,9-11H,4,6,8H2,1-2H3,(H,22,23,24);1H. The van der Waals surface area contributed by atoms with Gasteiger partial charge >= 0.3 is 6.18 Å². The van der Waals surface area contributed by atoms with Crippen LogP contribution in [0.25, 0.3) is 22.3 Å². The zero-order chi connectivity index (χ0) is 19.6. The molecule has 0 aromatic carbocycles. The number of nitrogens with one attached hydrogen (secondary N) is 1. The molecule has 1 N–H and O–H groups in total. The van der Waals surface area contributed by atoms with Gasteiger partial charge in [0.05, 0.1) is 12.1 Å². The summed E-state index contributed by atoms with van der Waals surface area (Å²) in [5.41, 5.74) is 1.78. The van der Waals surface area contributed by atoms with Crippen LogP contribution in [0.5, 0.6) is 0 Å². The fourth-order valence-electron chi connectivity index (χ4n) is 2.81. The van der Waals surface area contributed by atoms with Crippen LogP contribution in [0.1, 0.15) is 32.2 Å². The summed E-state index contributed by atoms with van der Waals surface area (Å²) < 4.78 is 43.1. The average molecular weight is 382 g/mol. The van der Waals surface area contributed by atoms with Crippen LogP contribution in [-0.4, -0.2) is 45.0 Å². The number of carbonyl (C=O) groups is 1. The van der Waals surface area contributed by atoms with E-state index in [-0.39, 0.29) is 19.6 Å². The third-order valence-electron chi connectivity index (χ3n) is 3.98. The number of furan rings is 1. The van der Waals surface area contributed by atoms with Crippen molar-refractivity contribution < 1.29 is 23.8 Å². The Morgan fingerprint density at radius 3 is 2.85 bits per heavy atom. The van der Waals surface area contributed by atoms with E-state index in [9.17, 15) is 18.0 Å². The highest BCUT2D eigenvalue weighted by Gasteiger charge is 2.30. The Hall–Kier alpha value is -2.84. The summed E-state index contributed by atoms with van der Waals surface area (Å²) in [6, 6.07) is 3.30. The van der Waals surface area contributed by atoms with Crippen LogP contribution in [0.15, 0.2) is 35.3 Å². The number of hydrogen-bond donors (Lipinski definition) is 1. The average Bonchev–Trinajstić information content (AvgIpc) is 3.25. The smallest absolute Gasteiger partial charge is 0.390 e. The molecular formula is C18H21F3N4O2. The summed E-state index contributed by atoms with van der Waals surface area (Å²) in [7, 11) is 0. The largest absolute Gasteiger partial charge is 0.458 e. The van der Waals surface area contributed by atoms with Crippen LogP contribution in [0, 0.1) is 5.92 Å². The normalized spacial score (nSPS) is 12.1. The Labute approximate surface area is 154 Å². The van der Waals surface area contributed by atoms with Crippen LogP contribution < -0.4 is 0 Å². The van der Waals surface area contributed by atoms with Crippen molar-refractivity contribution in [1.82, 2.24) is 19.9 Å². The lowest BCUT2D eigenvalue weighted by atomic mass is 10.1. The van der Waals surface area contributed by atoms with Crippen molar-refractivity contribution in [2.75, 3.05) is 13.1 Å². The second-order valence-electron chi connectivity index (χ2n) is 6.67. The van der Waals surface area contributed by atoms with Gasteiger partial charge in [0, 0.05) is 31.7 Å². The fraction of sp³-hybridized carbons (Fsp3) is 0.389. The van der Waals surface area contributed by atoms with Crippen LogP contribution >= 0.6 is 0 Å². The van der Waals surface area contributed by atoms with Gasteiger partial charge in [0.15, 0.2) is 5.76 Å². The first-order chi connectivity index (χ1) is 12.7. The molecule has 3 aromatic heterocycles. The van der Waals surface area contributed by atoms with Gasteiger partial charge in [-0.3, -0.25) is 4.79 Å². The van der Waals surface area contributed by atoms with E-state index < -0.39 is 25.0 Å². The minimum atomic E-state index is -4.33. The van der Waals surface area contributed by atoms with Crippen LogP contribution in [-0.2, 0) is 0 Å². The lowest BCUT2D eigenvalue weighted by molar-refractivity contribution is -0.136. The van der Waals surface area contributed by atoms with E-state index in [0.29, 0.717) is 16.9 Å². The molecule has 3 aromatic rings. The van der Waals surface area contributed by atoms with E-state index in [1.807, 2.05) is 13.8 Å². The number of aromatic nitrogens is 3. The summed E-state index contributed by atoms with van der Waals surface area (Å²) in [6.45, 7) is 3.47. The number of fused-ring (bicyclic) bond motifs is 1. The Kier molecular flexibility index (Phi) is 5.20. The molecule has 3 rings (SSSR count). The Morgan fingerprint density at radius 1 is 1.37 bits per heavy atom. The molecule has 0 radical (unpaired) electrons. The van der Waals surface area contributed by atoms with Crippen molar-refractivity contribution in [3.63, 3.8) is 0 Å². The monoisotopic (exact) mass is 382 g/mol. The number of carbonyl (C=O) groups excluding carboxylic acids is 1. The van der Waals surface area contributed by atoms with Gasteiger partial charge in [0.2, 0.25) is 0 Å². The minimum Gasteiger partial charge on any atom is -0.458 e. The molecule has 1 amide bonds. The first-order valence-electron chi connectivity index (χ1n) is 8.47. The van der Waals surface area contributed by atoms with Crippen molar-refractivity contribution in [3.05, 3.63) is 36.7 Å². The quantitative estimate of drug-likeness (QED) is 0.680. The third-order valence-corrected chi connectivity index (χ3v) is 3.98. The maximum Gasteiger partial charge on any atom is 0.390 e. The molecule has 0 fully saturated rings. The molecule has 0 bridgehead atoms. The fourth-order valence-corrected chi connectivity index (χ4v) is 2.81. The maximum absolute atomic E-state index is 12.7. The van der Waals surface area contributed by atoms with Gasteiger partial charge < -0.3 is 14.3 Å². The van der Waals surface area contributed by atoms with Crippen LogP contribution in [0.4, 0.5) is 13.2 Å². The Morgan fingerprint density at radius 2 is 2.15 bits per heavy atom. The molecule has 6 nitrogen and oxygen atoms in total. The summed E-state index contributed by atoms with van der Waals surface area (Å²) >= 11 is 0. The van der Waals surface area contributed by atoms with E-state index in [4.69, 9.17) is 4.42 Å². The molecule has 0 aliphatic rings. The molecule has 0 saturated carbocycles. The molecule has 0 aliphatic carbocycles. The topological polar surface area (TPSA) is 75.0 Å². The molecule has 0 unspecified atom stereocenters. The lowest BCUT2D eigenvalue weighted by Crippen LogP contribution is -2.36.